The van der Waals surface area contributed by atoms with Gasteiger partial charge in [-0.05, 0) is 12.1 Å². The van der Waals surface area contributed by atoms with Crippen molar-refractivity contribution in [1.29, 1.82) is 0 Å². The van der Waals surface area contributed by atoms with Gasteiger partial charge in [0.2, 0.25) is 5.52 Å². The zero-order valence-corrected chi connectivity index (χ0v) is 11.2. The van der Waals surface area contributed by atoms with E-state index in [2.05, 4.69) is 0 Å². The van der Waals surface area contributed by atoms with Gasteiger partial charge in [0.25, 0.3) is 11.4 Å². The number of fused-ring (bicyclic) bond motifs is 1. The molecule has 7 heteroatoms. The van der Waals surface area contributed by atoms with Crippen LogP contribution in [0, 0.1) is 20.2 Å². The van der Waals surface area contributed by atoms with Crippen molar-refractivity contribution in [2.24, 2.45) is 0 Å². The van der Waals surface area contributed by atoms with Crippen molar-refractivity contribution < 1.29 is 14.4 Å². The molecule has 0 radical (unpaired) electrons. The van der Waals surface area contributed by atoms with Gasteiger partial charge >= 0.3 is 5.69 Å². The monoisotopic (exact) mass is 296 g/mol. The minimum atomic E-state index is -0.648. The fourth-order valence-corrected chi connectivity index (χ4v) is 2.35. The summed E-state index contributed by atoms with van der Waals surface area (Å²) in [5, 5.41) is 23.0. The molecule has 0 aliphatic carbocycles. The minimum absolute atomic E-state index is 0.285. The van der Waals surface area contributed by atoms with Crippen LogP contribution in [0.2, 0.25) is 0 Å². The molecule has 0 spiro atoms. The third-order valence-electron chi connectivity index (χ3n) is 3.33. The number of aromatic nitrogens is 1. The second kappa shape index (κ2) is 5.21. The smallest absolute Gasteiger partial charge is 0.258 e. The zero-order chi connectivity index (χ0) is 15.7. The second-order valence-corrected chi connectivity index (χ2v) is 4.62. The van der Waals surface area contributed by atoms with Crippen LogP contribution in [0.1, 0.15) is 0 Å². The predicted molar refractivity (Wildman–Crippen MR) is 78.8 cm³/mol. The molecular formula is C15H10N3O4+. The minimum Gasteiger partial charge on any atom is -0.258 e. The first kappa shape index (κ1) is 13.6. The Hall–Kier alpha value is -3.35. The van der Waals surface area contributed by atoms with Crippen LogP contribution in [0.3, 0.4) is 0 Å². The highest BCUT2D eigenvalue weighted by Crippen LogP contribution is 2.25. The van der Waals surface area contributed by atoms with E-state index in [1.54, 1.807) is 16.8 Å². The number of hydrogen-bond donors (Lipinski definition) is 0. The fourth-order valence-electron chi connectivity index (χ4n) is 2.35. The Kier molecular flexibility index (Phi) is 3.23. The van der Waals surface area contributed by atoms with Crippen molar-refractivity contribution in [3.8, 4) is 5.69 Å². The van der Waals surface area contributed by atoms with Gasteiger partial charge in [-0.15, -0.1) is 0 Å². The molecule has 0 saturated carbocycles. The lowest BCUT2D eigenvalue weighted by Crippen LogP contribution is -2.31. The quantitative estimate of drug-likeness (QED) is 0.422. The van der Waals surface area contributed by atoms with E-state index in [4.69, 9.17) is 0 Å². The van der Waals surface area contributed by atoms with Crippen LogP contribution >= 0.6 is 0 Å². The molecule has 3 rings (SSSR count). The Labute approximate surface area is 124 Å². The number of nitrogens with zero attached hydrogens (tertiary/aromatic N) is 3. The lowest BCUT2D eigenvalue weighted by molar-refractivity contribution is -0.573. The van der Waals surface area contributed by atoms with Crippen LogP contribution in [0.5, 0.6) is 0 Å². The molecule has 1 aromatic heterocycles. The topological polar surface area (TPSA) is 90.2 Å². The maximum absolute atomic E-state index is 11.3. The van der Waals surface area contributed by atoms with Gasteiger partial charge in [0.05, 0.1) is 9.85 Å². The fraction of sp³-hybridized carbons (Fsp3) is 0. The number of hydrogen-bond acceptors (Lipinski definition) is 4. The van der Waals surface area contributed by atoms with E-state index in [0.29, 0.717) is 0 Å². The van der Waals surface area contributed by atoms with Gasteiger partial charge in [-0.2, -0.15) is 4.57 Å². The Morgan fingerprint density at radius 1 is 0.864 bits per heavy atom. The summed E-state index contributed by atoms with van der Waals surface area (Å²) in [6, 6.07) is 14.7. The predicted octanol–water partition coefficient (Wildman–Crippen LogP) is 2.93. The number of non-ortho nitro benzene ring substituents is 1. The van der Waals surface area contributed by atoms with Crippen molar-refractivity contribution in [1.82, 2.24) is 0 Å². The molecule has 1 heterocycles. The lowest BCUT2D eigenvalue weighted by atomic mass is 10.2. The Morgan fingerprint density at radius 3 is 2.32 bits per heavy atom. The molecule has 22 heavy (non-hydrogen) atoms. The highest BCUT2D eigenvalue weighted by Gasteiger charge is 2.27. The average molecular weight is 296 g/mol. The Bertz CT molecular complexity index is 903. The molecule has 0 aliphatic rings. The summed E-state index contributed by atoms with van der Waals surface area (Å²) in [6.07, 6.45) is 1.69. The van der Waals surface area contributed by atoms with Gasteiger partial charge in [-0.25, -0.2) is 0 Å². The van der Waals surface area contributed by atoms with E-state index in [-0.39, 0.29) is 17.1 Å². The lowest BCUT2D eigenvalue weighted by Gasteiger charge is -2.01. The van der Waals surface area contributed by atoms with Gasteiger partial charge in [0.15, 0.2) is 6.20 Å². The summed E-state index contributed by atoms with van der Waals surface area (Å²) >= 11 is 0. The summed E-state index contributed by atoms with van der Waals surface area (Å²) in [4.78, 5) is 20.8. The number of nitro benzene ring substituents is 2. The first-order chi connectivity index (χ1) is 10.6. The third-order valence-corrected chi connectivity index (χ3v) is 3.33. The highest BCUT2D eigenvalue weighted by atomic mass is 16.6. The molecule has 0 bridgehead atoms. The van der Waals surface area contributed by atoms with Gasteiger partial charge in [0, 0.05) is 29.7 Å². The van der Waals surface area contributed by atoms with Crippen molar-refractivity contribution >= 4 is 22.3 Å². The molecule has 3 aromatic rings. The molecule has 0 aliphatic heterocycles. The molecule has 0 saturated heterocycles. The van der Waals surface area contributed by atoms with Crippen LogP contribution in [0.15, 0.2) is 60.8 Å². The van der Waals surface area contributed by atoms with Gasteiger partial charge in [0.1, 0.15) is 6.07 Å². The molecule has 7 nitrogen and oxygen atoms in total. The van der Waals surface area contributed by atoms with Crippen molar-refractivity contribution in [3.05, 3.63) is 81.0 Å². The maximum atomic E-state index is 11.3. The van der Waals surface area contributed by atoms with Crippen molar-refractivity contribution in [3.63, 3.8) is 0 Å². The zero-order valence-electron chi connectivity index (χ0n) is 11.2. The van der Waals surface area contributed by atoms with E-state index in [9.17, 15) is 20.2 Å². The van der Waals surface area contributed by atoms with Crippen LogP contribution in [-0.4, -0.2) is 9.85 Å². The van der Waals surface area contributed by atoms with Gasteiger partial charge < -0.3 is 0 Å². The molecular weight excluding hydrogens is 286 g/mol. The van der Waals surface area contributed by atoms with Crippen LogP contribution < -0.4 is 4.57 Å². The molecule has 2 aromatic carbocycles. The molecule has 0 N–H and O–H groups in total. The van der Waals surface area contributed by atoms with E-state index in [1.165, 1.54) is 12.1 Å². The number of rotatable bonds is 3. The molecule has 0 fully saturated rings. The summed E-state index contributed by atoms with van der Waals surface area (Å²) in [5.74, 6) is 0. The molecule has 0 unspecified atom stereocenters. The average Bonchev–Trinajstić information content (AvgIpc) is 2.53. The first-order valence-electron chi connectivity index (χ1n) is 6.40. The van der Waals surface area contributed by atoms with Crippen LogP contribution in [-0.2, 0) is 0 Å². The van der Waals surface area contributed by atoms with Crippen molar-refractivity contribution in [2.75, 3.05) is 0 Å². The largest absolute Gasteiger partial charge is 0.347 e. The normalized spacial score (nSPS) is 10.5. The third kappa shape index (κ3) is 2.24. The van der Waals surface area contributed by atoms with E-state index in [0.717, 1.165) is 17.0 Å². The van der Waals surface area contributed by atoms with E-state index < -0.39 is 9.85 Å². The first-order valence-corrected chi connectivity index (χ1v) is 6.40. The van der Waals surface area contributed by atoms with E-state index >= 15 is 0 Å². The summed E-state index contributed by atoms with van der Waals surface area (Å²) in [7, 11) is 0. The Balaban J connectivity index is 2.31. The Morgan fingerprint density at radius 2 is 1.59 bits per heavy atom. The van der Waals surface area contributed by atoms with Gasteiger partial charge in [-0.1, -0.05) is 12.1 Å². The van der Waals surface area contributed by atoms with E-state index in [1.807, 2.05) is 30.3 Å². The molecule has 0 atom stereocenters. The van der Waals surface area contributed by atoms with Crippen LogP contribution in [0.4, 0.5) is 11.4 Å². The van der Waals surface area contributed by atoms with Gasteiger partial charge in [-0.3, -0.25) is 20.2 Å². The molecule has 108 valence electrons. The number of nitro groups is 2. The summed E-state index contributed by atoms with van der Waals surface area (Å²) < 4.78 is 1.65. The van der Waals surface area contributed by atoms with Crippen LogP contribution in [0.25, 0.3) is 16.6 Å². The maximum Gasteiger partial charge on any atom is 0.347 e. The van der Waals surface area contributed by atoms with Crippen molar-refractivity contribution in [2.45, 2.75) is 0 Å². The molecule has 0 amide bonds. The number of benzene rings is 2. The SMILES string of the molecule is O=[N+]([O-])c1ccc(-[n+]2cccc3ccccc32)c([N+](=O)[O-])c1. The number of para-hydroxylation sites is 1. The summed E-state index contributed by atoms with van der Waals surface area (Å²) in [6.45, 7) is 0. The highest BCUT2D eigenvalue weighted by molar-refractivity contribution is 5.76. The second-order valence-electron chi connectivity index (χ2n) is 4.62. The standard InChI is InChI=1S/C15H10N3O4/c19-17(20)12-7-8-14(15(10-12)18(21)22)16-9-3-5-11-4-1-2-6-13(11)16/h1-10H/q+1. The summed E-state index contributed by atoms with van der Waals surface area (Å²) in [5.41, 5.74) is 0.446. The number of pyridine rings is 1.